The highest BCUT2D eigenvalue weighted by atomic mass is 32.1. The Bertz CT molecular complexity index is 944. The first-order valence-electron chi connectivity index (χ1n) is 8.67. The highest BCUT2D eigenvalue weighted by molar-refractivity contribution is 7.13. The number of carbonyl (C=O) groups excluding carboxylic acids is 2. The van der Waals surface area contributed by atoms with Crippen LogP contribution in [0.1, 0.15) is 40.3 Å². The summed E-state index contributed by atoms with van der Waals surface area (Å²) in [4.78, 5) is 28.8. The van der Waals surface area contributed by atoms with Crippen LogP contribution < -0.4 is 10.6 Å². The Labute approximate surface area is 162 Å². The molecule has 0 spiro atoms. The minimum absolute atomic E-state index is 0.0734. The van der Waals surface area contributed by atoms with Gasteiger partial charge in [-0.2, -0.15) is 0 Å². The number of nitrogens with one attached hydrogen (secondary N) is 2. The molecular weight excluding hydrogens is 358 g/mol. The van der Waals surface area contributed by atoms with Crippen LogP contribution in [-0.2, 0) is 0 Å². The van der Waals surface area contributed by atoms with Gasteiger partial charge in [0.2, 0.25) is 0 Å². The lowest BCUT2D eigenvalue weighted by Crippen LogP contribution is -2.30. The molecule has 1 heterocycles. The molecule has 1 aromatic heterocycles. The number of amides is 2. The Kier molecular flexibility index (Phi) is 5.66. The molecule has 0 bridgehead atoms. The van der Waals surface area contributed by atoms with Gasteiger partial charge in [-0.3, -0.25) is 9.59 Å². The first-order chi connectivity index (χ1) is 12.9. The maximum atomic E-state index is 12.4. The number of thiazole rings is 1. The van der Waals surface area contributed by atoms with Gasteiger partial charge < -0.3 is 10.6 Å². The van der Waals surface area contributed by atoms with E-state index in [0.29, 0.717) is 16.9 Å². The molecule has 0 aliphatic heterocycles. The van der Waals surface area contributed by atoms with Crippen molar-refractivity contribution in [1.82, 2.24) is 10.3 Å². The monoisotopic (exact) mass is 379 g/mol. The zero-order chi connectivity index (χ0) is 19.4. The molecule has 0 radical (unpaired) electrons. The van der Waals surface area contributed by atoms with Gasteiger partial charge in [-0.1, -0.05) is 29.8 Å². The Morgan fingerprint density at radius 1 is 0.963 bits per heavy atom. The van der Waals surface area contributed by atoms with Crippen molar-refractivity contribution in [1.29, 1.82) is 0 Å². The van der Waals surface area contributed by atoms with Crippen LogP contribution in [-0.4, -0.2) is 22.8 Å². The number of benzene rings is 2. The molecule has 6 heteroatoms. The summed E-state index contributed by atoms with van der Waals surface area (Å²) in [6, 6.07) is 14.9. The van der Waals surface area contributed by atoms with Crippen LogP contribution in [0.4, 0.5) is 5.69 Å². The van der Waals surface area contributed by atoms with E-state index in [1.54, 1.807) is 29.6 Å². The Hall–Kier alpha value is -2.99. The first-order valence-corrected chi connectivity index (χ1v) is 9.55. The van der Waals surface area contributed by atoms with Gasteiger partial charge in [-0.25, -0.2) is 4.98 Å². The third-order valence-electron chi connectivity index (χ3n) is 3.86. The van der Waals surface area contributed by atoms with Crippen molar-refractivity contribution in [3.63, 3.8) is 0 Å². The summed E-state index contributed by atoms with van der Waals surface area (Å²) in [5, 5.41) is 8.20. The number of rotatable bonds is 5. The van der Waals surface area contributed by atoms with Gasteiger partial charge in [0.05, 0.1) is 0 Å². The molecule has 0 saturated heterocycles. The highest BCUT2D eigenvalue weighted by Gasteiger charge is 2.13. The van der Waals surface area contributed by atoms with Crippen molar-refractivity contribution in [2.24, 2.45) is 0 Å². The van der Waals surface area contributed by atoms with Gasteiger partial charge in [0, 0.05) is 28.2 Å². The molecule has 138 valence electrons. The Morgan fingerprint density at radius 2 is 1.63 bits per heavy atom. The molecule has 0 aliphatic rings. The third-order valence-corrected chi connectivity index (χ3v) is 4.75. The summed E-state index contributed by atoms with van der Waals surface area (Å²) < 4.78 is 0. The largest absolute Gasteiger partial charge is 0.350 e. The molecule has 0 atom stereocenters. The fourth-order valence-electron chi connectivity index (χ4n) is 2.45. The molecule has 3 rings (SSSR count). The number of aromatic nitrogens is 1. The Balaban J connectivity index is 1.67. The summed E-state index contributed by atoms with van der Waals surface area (Å²) in [5.74, 6) is -0.408. The van der Waals surface area contributed by atoms with E-state index in [2.05, 4.69) is 15.6 Å². The quantitative estimate of drug-likeness (QED) is 0.685. The van der Waals surface area contributed by atoms with E-state index in [1.807, 2.05) is 45.0 Å². The predicted octanol–water partition coefficient (Wildman–Crippen LogP) is 4.51. The third kappa shape index (κ3) is 4.80. The fourth-order valence-corrected chi connectivity index (χ4v) is 3.26. The molecule has 2 aromatic carbocycles. The summed E-state index contributed by atoms with van der Waals surface area (Å²) in [7, 11) is 0. The van der Waals surface area contributed by atoms with Gasteiger partial charge in [0.25, 0.3) is 11.8 Å². The number of hydrogen-bond donors (Lipinski definition) is 2. The fraction of sp³-hybridized carbons (Fsp3) is 0.190. The summed E-state index contributed by atoms with van der Waals surface area (Å²) in [6.07, 6.45) is 0. The van der Waals surface area contributed by atoms with Gasteiger partial charge in [-0.05, 0) is 45.0 Å². The van der Waals surface area contributed by atoms with E-state index in [1.165, 1.54) is 16.9 Å². The van der Waals surface area contributed by atoms with Crippen molar-refractivity contribution in [3.05, 3.63) is 70.7 Å². The molecule has 2 amide bonds. The zero-order valence-corrected chi connectivity index (χ0v) is 16.3. The molecule has 0 saturated carbocycles. The maximum absolute atomic E-state index is 12.4. The van der Waals surface area contributed by atoms with Crippen LogP contribution in [0, 0.1) is 6.92 Å². The lowest BCUT2D eigenvalue weighted by molar-refractivity contribution is 0.0942. The van der Waals surface area contributed by atoms with Crippen LogP contribution in [0.3, 0.4) is 0 Å². The van der Waals surface area contributed by atoms with Crippen LogP contribution in [0.2, 0.25) is 0 Å². The molecule has 2 N–H and O–H groups in total. The average Bonchev–Trinajstić information content (AvgIpc) is 3.12. The van der Waals surface area contributed by atoms with Gasteiger partial charge in [0.1, 0.15) is 10.7 Å². The number of aryl methyl sites for hydroxylation is 1. The van der Waals surface area contributed by atoms with Crippen molar-refractivity contribution in [2.75, 3.05) is 5.32 Å². The number of carbonyl (C=O) groups is 2. The molecule has 5 nitrogen and oxygen atoms in total. The van der Waals surface area contributed by atoms with Crippen molar-refractivity contribution >= 4 is 28.8 Å². The topological polar surface area (TPSA) is 71.1 Å². The predicted molar refractivity (Wildman–Crippen MR) is 109 cm³/mol. The van der Waals surface area contributed by atoms with Crippen molar-refractivity contribution < 1.29 is 9.59 Å². The summed E-state index contributed by atoms with van der Waals surface area (Å²) >= 11 is 1.43. The second-order valence-electron chi connectivity index (χ2n) is 6.56. The van der Waals surface area contributed by atoms with E-state index >= 15 is 0 Å². The normalized spacial score (nSPS) is 10.7. The van der Waals surface area contributed by atoms with E-state index in [9.17, 15) is 9.59 Å². The minimum atomic E-state index is -0.274. The SMILES string of the molecule is Cc1ccc(-c2nc(C(=O)Nc3ccc(C(=O)NC(C)C)cc3)cs2)cc1. The number of anilines is 1. The molecule has 0 unspecified atom stereocenters. The molecule has 0 aliphatic carbocycles. The van der Waals surface area contributed by atoms with Gasteiger partial charge in [-0.15, -0.1) is 11.3 Å². The molecule has 27 heavy (non-hydrogen) atoms. The lowest BCUT2D eigenvalue weighted by Gasteiger charge is -2.09. The first kappa shape index (κ1) is 18.8. The zero-order valence-electron chi connectivity index (χ0n) is 15.4. The van der Waals surface area contributed by atoms with Gasteiger partial charge >= 0.3 is 0 Å². The van der Waals surface area contributed by atoms with E-state index in [-0.39, 0.29) is 17.9 Å². The maximum Gasteiger partial charge on any atom is 0.275 e. The average molecular weight is 379 g/mol. The van der Waals surface area contributed by atoms with Crippen LogP contribution in [0.15, 0.2) is 53.9 Å². The standard InChI is InChI=1S/C21H21N3O2S/c1-13(2)22-19(25)15-8-10-17(11-9-15)23-20(26)18-12-27-21(24-18)16-6-4-14(3)5-7-16/h4-13H,1-3H3,(H,22,25)(H,23,26). The van der Waals surface area contributed by atoms with E-state index in [4.69, 9.17) is 0 Å². The highest BCUT2D eigenvalue weighted by Crippen LogP contribution is 2.24. The van der Waals surface area contributed by atoms with Crippen LogP contribution >= 0.6 is 11.3 Å². The van der Waals surface area contributed by atoms with E-state index < -0.39 is 0 Å². The lowest BCUT2D eigenvalue weighted by atomic mass is 10.1. The smallest absolute Gasteiger partial charge is 0.275 e. The van der Waals surface area contributed by atoms with Crippen LogP contribution in [0.25, 0.3) is 10.6 Å². The van der Waals surface area contributed by atoms with Crippen molar-refractivity contribution in [3.8, 4) is 10.6 Å². The minimum Gasteiger partial charge on any atom is -0.350 e. The Morgan fingerprint density at radius 3 is 2.26 bits per heavy atom. The second kappa shape index (κ2) is 8.14. The number of hydrogen-bond acceptors (Lipinski definition) is 4. The van der Waals surface area contributed by atoms with Gasteiger partial charge in [0.15, 0.2) is 0 Å². The molecular formula is C21H21N3O2S. The molecule has 3 aromatic rings. The summed E-state index contributed by atoms with van der Waals surface area (Å²) in [6.45, 7) is 5.85. The second-order valence-corrected chi connectivity index (χ2v) is 7.42. The molecule has 0 fully saturated rings. The van der Waals surface area contributed by atoms with Crippen LogP contribution in [0.5, 0.6) is 0 Å². The van der Waals surface area contributed by atoms with Crippen molar-refractivity contribution in [2.45, 2.75) is 26.8 Å². The van der Waals surface area contributed by atoms with E-state index in [0.717, 1.165) is 10.6 Å². The number of nitrogens with zero attached hydrogens (tertiary/aromatic N) is 1. The summed E-state index contributed by atoms with van der Waals surface area (Å²) in [5.41, 5.74) is 3.71.